The quantitative estimate of drug-likeness (QED) is 0.507. The number of rotatable bonds is 2. The van der Waals surface area contributed by atoms with Crippen molar-refractivity contribution in [3.8, 4) is 5.75 Å². The number of nitrogen functional groups attached to an aromatic ring is 1. The molecule has 2 rings (SSSR count). The average molecular weight is 316 g/mol. The molecular weight excluding hydrogens is 301 g/mol. The van der Waals surface area contributed by atoms with Crippen LogP contribution in [0, 0.1) is 0 Å². The zero-order valence-corrected chi connectivity index (χ0v) is 12.8. The predicted octanol–water partition coefficient (Wildman–Crippen LogP) is 3.18. The van der Waals surface area contributed by atoms with Crippen molar-refractivity contribution in [1.82, 2.24) is 10.4 Å². The van der Waals surface area contributed by atoms with Gasteiger partial charge in [0.05, 0.1) is 22.7 Å². The Balaban J connectivity index is 0.000000956. The Bertz CT molecular complexity index is 633. The number of pyridine rings is 1. The van der Waals surface area contributed by atoms with E-state index in [9.17, 15) is 4.79 Å². The minimum Gasteiger partial charge on any atom is -0.493 e. The molecule has 108 valence electrons. The van der Waals surface area contributed by atoms with Crippen LogP contribution in [0.1, 0.15) is 24.2 Å². The second-order valence-corrected chi connectivity index (χ2v) is 4.28. The van der Waals surface area contributed by atoms with Gasteiger partial charge in [0.2, 0.25) is 0 Å². The molecule has 0 saturated carbocycles. The normalized spacial score (nSPS) is 9.70. The summed E-state index contributed by atoms with van der Waals surface area (Å²) in [5, 5.41) is 1.31. The lowest BCUT2D eigenvalue weighted by Gasteiger charge is -2.09. The number of hydrazine groups is 1. The van der Waals surface area contributed by atoms with Crippen LogP contribution in [0.15, 0.2) is 18.3 Å². The number of methoxy groups -OCH3 is 1. The number of carbonyl (C=O) groups is 1. The van der Waals surface area contributed by atoms with Gasteiger partial charge in [0.25, 0.3) is 5.91 Å². The second kappa shape index (κ2) is 7.28. The smallest absolute Gasteiger partial charge is 0.266 e. The number of fused-ring (bicyclic) bond motifs is 1. The molecule has 3 N–H and O–H groups in total. The van der Waals surface area contributed by atoms with Crippen LogP contribution in [0.4, 0.5) is 0 Å². The van der Waals surface area contributed by atoms with E-state index in [2.05, 4.69) is 4.98 Å². The molecule has 0 unspecified atom stereocenters. The third kappa shape index (κ3) is 3.12. The van der Waals surface area contributed by atoms with Crippen LogP contribution in [-0.2, 0) is 0 Å². The molecular formula is C13H15Cl2N3O2. The first-order valence-electron chi connectivity index (χ1n) is 5.91. The van der Waals surface area contributed by atoms with Gasteiger partial charge in [-0.05, 0) is 12.1 Å². The van der Waals surface area contributed by atoms with Crippen molar-refractivity contribution in [1.29, 1.82) is 0 Å². The Kier molecular flexibility index (Phi) is 6.01. The lowest BCUT2D eigenvalue weighted by molar-refractivity contribution is 0.0953. The van der Waals surface area contributed by atoms with Crippen molar-refractivity contribution < 1.29 is 9.53 Å². The number of ether oxygens (including phenoxy) is 1. The highest BCUT2D eigenvalue weighted by Gasteiger charge is 2.14. The molecule has 0 fully saturated rings. The van der Waals surface area contributed by atoms with E-state index < -0.39 is 5.91 Å². The van der Waals surface area contributed by atoms with E-state index >= 15 is 0 Å². The van der Waals surface area contributed by atoms with E-state index in [0.29, 0.717) is 32.3 Å². The maximum absolute atomic E-state index is 11.4. The van der Waals surface area contributed by atoms with Gasteiger partial charge < -0.3 is 4.74 Å². The number of halogens is 2. The lowest BCUT2D eigenvalue weighted by atomic mass is 10.1. The standard InChI is InChI=1S/C11H9Cl2N3O2.C2H6/c1-18-10-8(13)3-7(12)6-2-5(11(17)16-14)4-15-9(6)10;1-2/h2-4H,14H2,1H3,(H,16,17);1-2H3. The number of nitrogens with two attached hydrogens (primary N) is 1. The van der Waals surface area contributed by atoms with Crippen molar-refractivity contribution >= 4 is 40.0 Å². The van der Waals surface area contributed by atoms with Crippen LogP contribution < -0.4 is 16.0 Å². The molecule has 2 aromatic rings. The molecule has 5 nitrogen and oxygen atoms in total. The maximum Gasteiger partial charge on any atom is 0.266 e. The van der Waals surface area contributed by atoms with Crippen LogP contribution in [0.2, 0.25) is 10.0 Å². The minimum atomic E-state index is -0.450. The van der Waals surface area contributed by atoms with E-state index in [4.69, 9.17) is 33.8 Å². The Labute approximate surface area is 127 Å². The average Bonchev–Trinajstić information content (AvgIpc) is 2.48. The fraction of sp³-hybridized carbons (Fsp3) is 0.231. The van der Waals surface area contributed by atoms with Crippen molar-refractivity contribution in [3.05, 3.63) is 33.9 Å². The Morgan fingerprint density at radius 3 is 2.50 bits per heavy atom. The number of hydrogen-bond acceptors (Lipinski definition) is 4. The summed E-state index contributed by atoms with van der Waals surface area (Å²) in [5.74, 6) is 5.02. The molecule has 0 saturated heterocycles. The first kappa shape index (κ1) is 16.5. The van der Waals surface area contributed by atoms with Gasteiger partial charge in [-0.25, -0.2) is 5.84 Å². The molecule has 0 aliphatic heterocycles. The van der Waals surface area contributed by atoms with Crippen molar-refractivity contribution in [2.45, 2.75) is 13.8 Å². The topological polar surface area (TPSA) is 77.2 Å². The Morgan fingerprint density at radius 1 is 1.30 bits per heavy atom. The van der Waals surface area contributed by atoms with E-state index in [1.54, 1.807) is 6.07 Å². The van der Waals surface area contributed by atoms with Gasteiger partial charge in [-0.15, -0.1) is 0 Å². The Morgan fingerprint density at radius 2 is 1.95 bits per heavy atom. The number of aromatic nitrogens is 1. The van der Waals surface area contributed by atoms with Gasteiger partial charge in [-0.2, -0.15) is 0 Å². The summed E-state index contributed by atoms with van der Waals surface area (Å²) in [5.41, 5.74) is 2.82. The second-order valence-electron chi connectivity index (χ2n) is 3.47. The van der Waals surface area contributed by atoms with Crippen molar-refractivity contribution in [2.24, 2.45) is 5.84 Å². The number of benzene rings is 1. The predicted molar refractivity (Wildman–Crippen MR) is 81.3 cm³/mol. The first-order chi connectivity index (χ1) is 9.58. The van der Waals surface area contributed by atoms with Crippen molar-refractivity contribution in [3.63, 3.8) is 0 Å². The highest BCUT2D eigenvalue weighted by molar-refractivity contribution is 6.39. The van der Waals surface area contributed by atoms with E-state index in [1.165, 1.54) is 19.4 Å². The van der Waals surface area contributed by atoms with Gasteiger partial charge in [0, 0.05) is 11.6 Å². The summed E-state index contributed by atoms with van der Waals surface area (Å²) in [4.78, 5) is 15.5. The highest BCUT2D eigenvalue weighted by atomic mass is 35.5. The number of hydrogen-bond donors (Lipinski definition) is 2. The largest absolute Gasteiger partial charge is 0.493 e. The molecule has 1 amide bonds. The fourth-order valence-corrected chi connectivity index (χ4v) is 2.18. The molecule has 1 aromatic heterocycles. The van der Waals surface area contributed by atoms with Crippen LogP contribution in [0.5, 0.6) is 5.75 Å². The van der Waals surface area contributed by atoms with Crippen LogP contribution >= 0.6 is 23.2 Å². The van der Waals surface area contributed by atoms with E-state index in [-0.39, 0.29) is 0 Å². The Hall–Kier alpha value is -1.56. The van der Waals surface area contributed by atoms with Gasteiger partial charge in [-0.1, -0.05) is 37.0 Å². The summed E-state index contributed by atoms with van der Waals surface area (Å²) in [6.45, 7) is 4.00. The number of nitrogens with zero attached hydrogens (tertiary/aromatic N) is 1. The fourth-order valence-electron chi connectivity index (χ4n) is 1.60. The molecule has 7 heteroatoms. The molecule has 20 heavy (non-hydrogen) atoms. The molecule has 1 heterocycles. The number of carbonyl (C=O) groups excluding carboxylic acids is 1. The number of nitrogens with one attached hydrogen (secondary N) is 1. The van der Waals surface area contributed by atoms with Gasteiger partial charge in [-0.3, -0.25) is 15.2 Å². The SMILES string of the molecule is CC.COc1c(Cl)cc(Cl)c2cc(C(=O)NN)cnc12. The maximum atomic E-state index is 11.4. The van der Waals surface area contributed by atoms with Gasteiger partial charge in [0.1, 0.15) is 5.52 Å². The molecule has 0 spiro atoms. The molecule has 1 aromatic carbocycles. The monoisotopic (exact) mass is 315 g/mol. The lowest BCUT2D eigenvalue weighted by Crippen LogP contribution is -2.30. The highest BCUT2D eigenvalue weighted by Crippen LogP contribution is 2.36. The third-order valence-electron chi connectivity index (χ3n) is 2.43. The van der Waals surface area contributed by atoms with E-state index in [1.807, 2.05) is 19.3 Å². The summed E-state index contributed by atoms with van der Waals surface area (Å²) in [6, 6.07) is 3.11. The summed E-state index contributed by atoms with van der Waals surface area (Å²) in [6.07, 6.45) is 1.37. The summed E-state index contributed by atoms with van der Waals surface area (Å²) >= 11 is 12.1. The molecule has 0 bridgehead atoms. The van der Waals surface area contributed by atoms with Gasteiger partial charge in [0.15, 0.2) is 5.75 Å². The van der Waals surface area contributed by atoms with Crippen molar-refractivity contribution in [2.75, 3.05) is 7.11 Å². The summed E-state index contributed by atoms with van der Waals surface area (Å²) < 4.78 is 5.16. The molecule has 0 aliphatic carbocycles. The molecule has 0 atom stereocenters. The van der Waals surface area contributed by atoms with E-state index in [0.717, 1.165) is 0 Å². The first-order valence-corrected chi connectivity index (χ1v) is 6.66. The summed E-state index contributed by atoms with van der Waals surface area (Å²) in [7, 11) is 1.48. The van der Waals surface area contributed by atoms with Crippen LogP contribution in [-0.4, -0.2) is 18.0 Å². The minimum absolute atomic E-state index is 0.302. The number of amides is 1. The third-order valence-corrected chi connectivity index (χ3v) is 3.02. The zero-order valence-electron chi connectivity index (χ0n) is 11.3. The van der Waals surface area contributed by atoms with Crippen LogP contribution in [0.3, 0.4) is 0 Å². The van der Waals surface area contributed by atoms with Crippen LogP contribution in [0.25, 0.3) is 10.9 Å². The van der Waals surface area contributed by atoms with Gasteiger partial charge >= 0.3 is 0 Å². The molecule has 0 radical (unpaired) electrons. The molecule has 0 aliphatic rings. The zero-order chi connectivity index (χ0) is 15.3.